The highest BCUT2D eigenvalue weighted by Gasteiger charge is 2.45. The van der Waals surface area contributed by atoms with Gasteiger partial charge in [0, 0.05) is 19.6 Å². The molecule has 0 saturated carbocycles. The van der Waals surface area contributed by atoms with Crippen LogP contribution in [0.1, 0.15) is 77.8 Å². The van der Waals surface area contributed by atoms with Crippen molar-refractivity contribution >= 4 is 12.0 Å². The molecule has 0 unspecified atom stereocenters. The third-order valence-electron chi connectivity index (χ3n) is 6.26. The van der Waals surface area contributed by atoms with Gasteiger partial charge in [-0.25, -0.2) is 4.79 Å². The molecule has 2 amide bonds. The molecule has 3 rings (SSSR count). The van der Waals surface area contributed by atoms with Crippen LogP contribution in [0, 0.1) is 0 Å². The van der Waals surface area contributed by atoms with Crippen LogP contribution in [0.4, 0.5) is 4.79 Å². The summed E-state index contributed by atoms with van der Waals surface area (Å²) in [6.07, 6.45) is 0.781. The number of amides is 2. The van der Waals surface area contributed by atoms with Crippen LogP contribution in [-0.4, -0.2) is 64.3 Å². The van der Waals surface area contributed by atoms with Gasteiger partial charge >= 0.3 is 6.09 Å². The minimum absolute atomic E-state index is 0.0748. The van der Waals surface area contributed by atoms with E-state index in [0.29, 0.717) is 32.0 Å². The van der Waals surface area contributed by atoms with Crippen LogP contribution in [0.3, 0.4) is 0 Å². The normalized spacial score (nSPS) is 23.2. The van der Waals surface area contributed by atoms with E-state index < -0.39 is 23.8 Å². The first-order valence-corrected chi connectivity index (χ1v) is 11.4. The number of nitrogens with zero attached hydrogens (tertiary/aromatic N) is 2. The first kappa shape index (κ1) is 23.6. The van der Waals surface area contributed by atoms with Gasteiger partial charge in [0.1, 0.15) is 11.6 Å². The van der Waals surface area contributed by atoms with Crippen molar-refractivity contribution in [2.75, 3.05) is 19.6 Å². The Morgan fingerprint density at radius 1 is 0.968 bits per heavy atom. The fourth-order valence-electron chi connectivity index (χ4n) is 4.73. The van der Waals surface area contributed by atoms with Crippen LogP contribution < -0.4 is 0 Å². The van der Waals surface area contributed by atoms with Gasteiger partial charge in [-0.2, -0.15) is 0 Å². The predicted octanol–water partition coefficient (Wildman–Crippen LogP) is 4.06. The number of carbonyl (C=O) groups excluding carboxylic acids is 2. The van der Waals surface area contributed by atoms with Crippen molar-refractivity contribution < 1.29 is 19.4 Å². The van der Waals surface area contributed by atoms with E-state index in [9.17, 15) is 14.7 Å². The number of likely N-dealkylation sites (tertiary alicyclic amines) is 2. The molecule has 2 heterocycles. The van der Waals surface area contributed by atoms with Gasteiger partial charge in [-0.3, -0.25) is 9.69 Å². The minimum atomic E-state index is -0.853. The largest absolute Gasteiger partial charge is 0.444 e. The zero-order chi connectivity index (χ0) is 23.0. The maximum absolute atomic E-state index is 13.3. The molecule has 1 aromatic rings. The number of carbonyl (C=O) groups is 2. The van der Waals surface area contributed by atoms with E-state index in [2.05, 4.69) is 45.0 Å². The number of benzene rings is 1. The Labute approximate surface area is 186 Å². The number of hydrogen-bond acceptors (Lipinski definition) is 4. The Morgan fingerprint density at radius 2 is 1.58 bits per heavy atom. The molecule has 0 bridgehead atoms. The van der Waals surface area contributed by atoms with Crippen molar-refractivity contribution in [1.29, 1.82) is 0 Å². The Morgan fingerprint density at radius 3 is 2.16 bits per heavy atom. The first-order chi connectivity index (χ1) is 14.4. The number of aliphatic hydroxyl groups is 1. The van der Waals surface area contributed by atoms with Crippen molar-refractivity contribution in [2.45, 2.75) is 89.9 Å². The van der Waals surface area contributed by atoms with E-state index >= 15 is 0 Å². The molecular weight excluding hydrogens is 392 g/mol. The standard InChI is InChI=1S/C25H38N2O4/c1-24(2,3)19-10-8-7-9-18(19)17-11-14-26(15-12-17)22(29)21-20(28)13-16-27(21)23(30)31-25(4,5)6/h7-10,17,20-21,28H,11-16H2,1-6H3/t20-,21-/m1/s1. The Kier molecular flexibility index (Phi) is 6.70. The van der Waals surface area contributed by atoms with Crippen LogP contribution in [0.5, 0.6) is 0 Å². The Balaban J connectivity index is 1.68. The molecule has 172 valence electrons. The lowest BCUT2D eigenvalue weighted by atomic mass is 9.77. The molecule has 2 fully saturated rings. The lowest BCUT2D eigenvalue weighted by molar-refractivity contribution is -0.139. The lowest BCUT2D eigenvalue weighted by Crippen LogP contribution is -2.53. The Bertz CT molecular complexity index is 800. The summed E-state index contributed by atoms with van der Waals surface area (Å²) in [6, 6.07) is 7.76. The third kappa shape index (κ3) is 5.40. The van der Waals surface area contributed by atoms with Crippen molar-refractivity contribution in [2.24, 2.45) is 0 Å². The molecular formula is C25H38N2O4. The highest BCUT2D eigenvalue weighted by atomic mass is 16.6. The summed E-state index contributed by atoms with van der Waals surface area (Å²) in [6.45, 7) is 13.7. The fraction of sp³-hybridized carbons (Fsp3) is 0.680. The van der Waals surface area contributed by atoms with E-state index in [1.54, 1.807) is 20.8 Å². The summed E-state index contributed by atoms with van der Waals surface area (Å²) < 4.78 is 5.46. The summed E-state index contributed by atoms with van der Waals surface area (Å²) in [7, 11) is 0. The molecule has 1 aromatic carbocycles. The van der Waals surface area contributed by atoms with E-state index in [1.165, 1.54) is 16.0 Å². The second-order valence-electron chi connectivity index (χ2n) is 10.9. The second-order valence-corrected chi connectivity index (χ2v) is 10.9. The van der Waals surface area contributed by atoms with Crippen molar-refractivity contribution in [3.8, 4) is 0 Å². The van der Waals surface area contributed by atoms with Crippen molar-refractivity contribution in [3.63, 3.8) is 0 Å². The van der Waals surface area contributed by atoms with E-state index in [0.717, 1.165) is 12.8 Å². The fourth-order valence-corrected chi connectivity index (χ4v) is 4.73. The number of hydrogen-bond donors (Lipinski definition) is 1. The van der Waals surface area contributed by atoms with Gasteiger partial charge in [-0.05, 0) is 62.5 Å². The van der Waals surface area contributed by atoms with Crippen molar-refractivity contribution in [1.82, 2.24) is 9.80 Å². The Hall–Kier alpha value is -2.08. The minimum Gasteiger partial charge on any atom is -0.444 e. The quantitative estimate of drug-likeness (QED) is 0.768. The van der Waals surface area contributed by atoms with Gasteiger partial charge in [0.05, 0.1) is 6.10 Å². The zero-order valence-corrected chi connectivity index (χ0v) is 19.9. The summed E-state index contributed by atoms with van der Waals surface area (Å²) >= 11 is 0. The predicted molar refractivity (Wildman–Crippen MR) is 121 cm³/mol. The maximum Gasteiger partial charge on any atom is 0.411 e. The highest BCUT2D eigenvalue weighted by molar-refractivity contribution is 5.87. The summed E-state index contributed by atoms with van der Waals surface area (Å²) in [5.41, 5.74) is 2.17. The molecule has 2 saturated heterocycles. The van der Waals surface area contributed by atoms with Crippen LogP contribution in [0.2, 0.25) is 0 Å². The zero-order valence-electron chi connectivity index (χ0n) is 19.9. The molecule has 2 aliphatic rings. The average molecular weight is 431 g/mol. The van der Waals surface area contributed by atoms with Crippen LogP contribution >= 0.6 is 0 Å². The molecule has 31 heavy (non-hydrogen) atoms. The smallest absolute Gasteiger partial charge is 0.411 e. The average Bonchev–Trinajstić information content (AvgIpc) is 3.07. The highest BCUT2D eigenvalue weighted by Crippen LogP contribution is 2.36. The van der Waals surface area contributed by atoms with Gasteiger partial charge in [0.2, 0.25) is 5.91 Å². The number of aliphatic hydroxyl groups excluding tert-OH is 1. The maximum atomic E-state index is 13.3. The SMILES string of the molecule is CC(C)(C)OC(=O)N1CC[C@@H](O)[C@@H]1C(=O)N1CCC(c2ccccc2C(C)(C)C)CC1. The third-order valence-corrected chi connectivity index (χ3v) is 6.26. The van der Waals surface area contributed by atoms with Gasteiger partial charge < -0.3 is 14.7 Å². The van der Waals surface area contributed by atoms with Gasteiger partial charge in [0.15, 0.2) is 0 Å². The molecule has 2 atom stereocenters. The van der Waals surface area contributed by atoms with E-state index in [4.69, 9.17) is 4.74 Å². The van der Waals surface area contributed by atoms with Crippen LogP contribution in [0.25, 0.3) is 0 Å². The molecule has 6 nitrogen and oxygen atoms in total. The number of ether oxygens (including phenoxy) is 1. The van der Waals surface area contributed by atoms with E-state index in [1.807, 2.05) is 4.90 Å². The summed E-state index contributed by atoms with van der Waals surface area (Å²) in [5.74, 6) is 0.244. The molecule has 0 radical (unpaired) electrons. The molecule has 2 aliphatic heterocycles. The molecule has 1 N–H and O–H groups in total. The van der Waals surface area contributed by atoms with Gasteiger partial charge in [0.25, 0.3) is 0 Å². The topological polar surface area (TPSA) is 70.1 Å². The number of rotatable bonds is 2. The molecule has 6 heteroatoms. The lowest BCUT2D eigenvalue weighted by Gasteiger charge is -2.37. The van der Waals surface area contributed by atoms with Crippen LogP contribution in [-0.2, 0) is 14.9 Å². The van der Waals surface area contributed by atoms with E-state index in [-0.39, 0.29) is 11.3 Å². The number of piperidine rings is 1. The molecule has 0 aliphatic carbocycles. The van der Waals surface area contributed by atoms with Gasteiger partial charge in [-0.15, -0.1) is 0 Å². The van der Waals surface area contributed by atoms with Crippen molar-refractivity contribution in [3.05, 3.63) is 35.4 Å². The summed E-state index contributed by atoms with van der Waals surface area (Å²) in [4.78, 5) is 29.1. The van der Waals surface area contributed by atoms with Crippen LogP contribution in [0.15, 0.2) is 24.3 Å². The molecule has 0 aromatic heterocycles. The second kappa shape index (κ2) is 8.81. The van der Waals surface area contributed by atoms with Gasteiger partial charge in [-0.1, -0.05) is 45.0 Å². The monoisotopic (exact) mass is 430 g/mol. The summed E-state index contributed by atoms with van der Waals surface area (Å²) in [5, 5.41) is 10.5. The molecule has 0 spiro atoms. The first-order valence-electron chi connectivity index (χ1n) is 11.4.